The monoisotopic (exact) mass is 279 g/mol. The highest BCUT2D eigenvalue weighted by molar-refractivity contribution is 5.70. The summed E-state index contributed by atoms with van der Waals surface area (Å²) >= 11 is 0. The van der Waals surface area contributed by atoms with Gasteiger partial charge in [-0.05, 0) is 37.9 Å². The van der Waals surface area contributed by atoms with Crippen molar-refractivity contribution in [3.8, 4) is 0 Å². The molecule has 1 rings (SSSR count). The van der Waals surface area contributed by atoms with Crippen LogP contribution in [0.1, 0.15) is 42.6 Å². The van der Waals surface area contributed by atoms with E-state index in [9.17, 15) is 9.90 Å². The van der Waals surface area contributed by atoms with Gasteiger partial charge in [0.05, 0.1) is 19.6 Å². The number of benzene rings is 1. The van der Waals surface area contributed by atoms with E-state index in [1.165, 1.54) is 7.11 Å². The van der Waals surface area contributed by atoms with E-state index < -0.39 is 6.10 Å². The number of hydrogen-bond acceptors (Lipinski definition) is 4. The van der Waals surface area contributed by atoms with Crippen molar-refractivity contribution in [2.45, 2.75) is 45.8 Å². The van der Waals surface area contributed by atoms with Crippen molar-refractivity contribution in [2.24, 2.45) is 0 Å². The lowest BCUT2D eigenvalue weighted by molar-refractivity contribution is -0.142. The van der Waals surface area contributed by atoms with Gasteiger partial charge in [-0.1, -0.05) is 30.7 Å². The molecule has 0 amide bonds. The zero-order valence-electron chi connectivity index (χ0n) is 12.8. The first-order chi connectivity index (χ1) is 9.49. The van der Waals surface area contributed by atoms with Crippen LogP contribution >= 0.6 is 0 Å². The molecule has 0 saturated heterocycles. The second-order valence-electron chi connectivity index (χ2n) is 5.15. The van der Waals surface area contributed by atoms with Crippen molar-refractivity contribution in [1.29, 1.82) is 0 Å². The topological polar surface area (TPSA) is 58.6 Å². The highest BCUT2D eigenvalue weighted by Gasteiger charge is 2.24. The summed E-state index contributed by atoms with van der Waals surface area (Å²) in [5.74, 6) is -0.317. The molecule has 0 aliphatic carbocycles. The Balaban J connectivity index is 2.90. The molecule has 20 heavy (non-hydrogen) atoms. The maximum absolute atomic E-state index is 11.5. The number of carbonyl (C=O) groups excluding carboxylic acids is 1. The number of methoxy groups -OCH3 is 1. The van der Waals surface area contributed by atoms with E-state index in [4.69, 9.17) is 4.74 Å². The summed E-state index contributed by atoms with van der Waals surface area (Å²) in [7, 11) is 1.36. The summed E-state index contributed by atoms with van der Waals surface area (Å²) < 4.78 is 4.71. The molecule has 0 aromatic heterocycles. The van der Waals surface area contributed by atoms with Gasteiger partial charge in [0.15, 0.2) is 0 Å². The Morgan fingerprint density at radius 3 is 2.65 bits per heavy atom. The third kappa shape index (κ3) is 4.62. The maximum Gasteiger partial charge on any atom is 0.307 e. The third-order valence-corrected chi connectivity index (χ3v) is 3.40. The lowest BCUT2D eigenvalue weighted by Gasteiger charge is -2.25. The Hall–Kier alpha value is -1.39. The lowest BCUT2D eigenvalue weighted by Crippen LogP contribution is -2.38. The van der Waals surface area contributed by atoms with Crippen molar-refractivity contribution in [3.05, 3.63) is 34.9 Å². The van der Waals surface area contributed by atoms with Crippen molar-refractivity contribution < 1.29 is 14.6 Å². The Morgan fingerprint density at radius 1 is 1.40 bits per heavy atom. The molecule has 0 aliphatic heterocycles. The molecule has 0 aliphatic rings. The number of aryl methyl sites for hydroxylation is 2. The minimum absolute atomic E-state index is 0.158. The van der Waals surface area contributed by atoms with Gasteiger partial charge in [0.2, 0.25) is 0 Å². The van der Waals surface area contributed by atoms with Gasteiger partial charge in [0, 0.05) is 6.04 Å². The minimum atomic E-state index is -0.721. The van der Waals surface area contributed by atoms with Crippen LogP contribution in [0.2, 0.25) is 0 Å². The normalized spacial score (nSPS) is 13.8. The number of aliphatic hydroxyl groups is 1. The van der Waals surface area contributed by atoms with Crippen molar-refractivity contribution >= 4 is 5.97 Å². The summed E-state index contributed by atoms with van der Waals surface area (Å²) in [6.45, 7) is 6.79. The van der Waals surface area contributed by atoms with E-state index in [-0.39, 0.29) is 18.4 Å². The number of carbonyl (C=O) groups is 1. The number of hydrogen-bond donors (Lipinski definition) is 2. The van der Waals surface area contributed by atoms with Crippen LogP contribution in [0.25, 0.3) is 0 Å². The first-order valence-electron chi connectivity index (χ1n) is 7.05. The molecule has 0 spiro atoms. The molecular formula is C16H25NO3. The van der Waals surface area contributed by atoms with Crippen LogP contribution in [0.4, 0.5) is 0 Å². The predicted molar refractivity (Wildman–Crippen MR) is 79.6 cm³/mol. The molecule has 0 saturated carbocycles. The molecule has 4 nitrogen and oxygen atoms in total. The zero-order valence-corrected chi connectivity index (χ0v) is 12.8. The predicted octanol–water partition coefficient (Wildman–Crippen LogP) is 2.27. The highest BCUT2D eigenvalue weighted by atomic mass is 16.5. The summed E-state index contributed by atoms with van der Waals surface area (Å²) in [5, 5.41) is 13.8. The largest absolute Gasteiger partial charge is 0.469 e. The zero-order chi connectivity index (χ0) is 15.1. The molecule has 2 atom stereocenters. The van der Waals surface area contributed by atoms with E-state index in [1.54, 1.807) is 0 Å². The summed E-state index contributed by atoms with van der Waals surface area (Å²) in [5.41, 5.74) is 3.04. The molecule has 0 bridgehead atoms. The van der Waals surface area contributed by atoms with E-state index >= 15 is 0 Å². The van der Waals surface area contributed by atoms with Crippen LogP contribution in [-0.4, -0.2) is 30.8 Å². The Kier molecular flexibility index (Phi) is 6.68. The standard InChI is InChI=1S/C16H25NO3/c1-5-8-17-14(10-15(18)20-4)16(19)13-7-6-11(2)9-12(13)3/h6-7,9,14,16-17,19H,5,8,10H2,1-4H3. The molecule has 0 fully saturated rings. The van der Waals surface area contributed by atoms with Gasteiger partial charge < -0.3 is 15.2 Å². The molecule has 112 valence electrons. The number of rotatable bonds is 7. The maximum atomic E-state index is 11.5. The number of esters is 1. The van der Waals surface area contributed by atoms with E-state index in [0.717, 1.165) is 29.7 Å². The number of ether oxygens (including phenoxy) is 1. The fourth-order valence-corrected chi connectivity index (χ4v) is 2.26. The average Bonchev–Trinajstić information content (AvgIpc) is 2.42. The number of aliphatic hydroxyl groups excluding tert-OH is 1. The summed E-state index contributed by atoms with van der Waals surface area (Å²) in [4.78, 5) is 11.5. The van der Waals surface area contributed by atoms with Crippen LogP contribution < -0.4 is 5.32 Å². The lowest BCUT2D eigenvalue weighted by atomic mass is 9.94. The highest BCUT2D eigenvalue weighted by Crippen LogP contribution is 2.23. The molecular weight excluding hydrogens is 254 g/mol. The SMILES string of the molecule is CCCNC(CC(=O)OC)C(O)c1ccc(C)cc1C. The van der Waals surface area contributed by atoms with Crippen LogP contribution in [-0.2, 0) is 9.53 Å². The van der Waals surface area contributed by atoms with Gasteiger partial charge >= 0.3 is 5.97 Å². The molecule has 1 aromatic rings. The van der Waals surface area contributed by atoms with E-state index in [0.29, 0.717) is 0 Å². The number of nitrogens with one attached hydrogen (secondary N) is 1. The molecule has 1 aromatic carbocycles. The van der Waals surface area contributed by atoms with Gasteiger partial charge in [-0.2, -0.15) is 0 Å². The molecule has 0 radical (unpaired) electrons. The van der Waals surface area contributed by atoms with Gasteiger partial charge in [-0.15, -0.1) is 0 Å². The van der Waals surface area contributed by atoms with E-state index in [1.807, 2.05) is 39.0 Å². The molecule has 2 N–H and O–H groups in total. The van der Waals surface area contributed by atoms with Crippen LogP contribution in [0, 0.1) is 13.8 Å². The Labute approximate surface area is 121 Å². The fraction of sp³-hybridized carbons (Fsp3) is 0.562. The van der Waals surface area contributed by atoms with Gasteiger partial charge in [0.25, 0.3) is 0 Å². The first-order valence-corrected chi connectivity index (χ1v) is 7.05. The van der Waals surface area contributed by atoms with Gasteiger partial charge in [-0.25, -0.2) is 0 Å². The van der Waals surface area contributed by atoms with Gasteiger partial charge in [0.1, 0.15) is 0 Å². The second kappa shape index (κ2) is 8.02. The third-order valence-electron chi connectivity index (χ3n) is 3.40. The van der Waals surface area contributed by atoms with Crippen LogP contribution in [0.15, 0.2) is 18.2 Å². The first kappa shape index (κ1) is 16.7. The second-order valence-corrected chi connectivity index (χ2v) is 5.15. The Morgan fingerprint density at radius 2 is 2.10 bits per heavy atom. The van der Waals surface area contributed by atoms with Crippen molar-refractivity contribution in [1.82, 2.24) is 5.32 Å². The molecule has 2 unspecified atom stereocenters. The van der Waals surface area contributed by atoms with Gasteiger partial charge in [-0.3, -0.25) is 4.79 Å². The fourth-order valence-electron chi connectivity index (χ4n) is 2.26. The van der Waals surface area contributed by atoms with Crippen molar-refractivity contribution in [3.63, 3.8) is 0 Å². The van der Waals surface area contributed by atoms with Crippen LogP contribution in [0.5, 0.6) is 0 Å². The summed E-state index contributed by atoms with van der Waals surface area (Å²) in [6.07, 6.45) is 0.378. The smallest absolute Gasteiger partial charge is 0.307 e. The van der Waals surface area contributed by atoms with E-state index in [2.05, 4.69) is 5.32 Å². The quantitative estimate of drug-likeness (QED) is 0.752. The minimum Gasteiger partial charge on any atom is -0.469 e. The Bertz CT molecular complexity index is 445. The van der Waals surface area contributed by atoms with Crippen molar-refractivity contribution in [2.75, 3.05) is 13.7 Å². The average molecular weight is 279 g/mol. The van der Waals surface area contributed by atoms with Crippen LogP contribution in [0.3, 0.4) is 0 Å². The summed E-state index contributed by atoms with van der Waals surface area (Å²) in [6, 6.07) is 5.60. The molecule has 4 heteroatoms. The molecule has 0 heterocycles.